The van der Waals surface area contributed by atoms with Crippen LogP contribution in [0.3, 0.4) is 0 Å². The summed E-state index contributed by atoms with van der Waals surface area (Å²) in [6.45, 7) is 1.32. The van der Waals surface area contributed by atoms with Crippen molar-refractivity contribution in [2.75, 3.05) is 21.3 Å². The van der Waals surface area contributed by atoms with Gasteiger partial charge in [-0.25, -0.2) is 4.98 Å². The van der Waals surface area contributed by atoms with E-state index in [0.717, 1.165) is 22.8 Å². The van der Waals surface area contributed by atoms with Gasteiger partial charge in [-0.3, -0.25) is 4.99 Å². The van der Waals surface area contributed by atoms with Crippen molar-refractivity contribution in [2.45, 2.75) is 13.1 Å². The number of nitrogens with one attached hydrogen (secondary N) is 2. The minimum absolute atomic E-state index is 0.607. The lowest BCUT2D eigenvalue weighted by molar-refractivity contribution is 0.397. The van der Waals surface area contributed by atoms with Crippen LogP contribution in [0, 0.1) is 0 Å². The molecule has 1 aromatic carbocycles. The molecule has 0 saturated carbocycles. The van der Waals surface area contributed by atoms with Crippen molar-refractivity contribution in [2.24, 2.45) is 4.99 Å². The summed E-state index contributed by atoms with van der Waals surface area (Å²) < 4.78 is 10.2. The van der Waals surface area contributed by atoms with Gasteiger partial charge in [0.15, 0.2) is 5.96 Å². The number of aliphatic imine (C=N–C) groups is 1. The number of hydrogen-bond acceptors (Lipinski definition) is 4. The van der Waals surface area contributed by atoms with Gasteiger partial charge >= 0.3 is 0 Å². The van der Waals surface area contributed by atoms with E-state index in [1.54, 1.807) is 27.5 Å². The van der Waals surface area contributed by atoms with Crippen LogP contribution in [0.25, 0.3) is 0 Å². The molecule has 0 saturated heterocycles. The Labute approximate surface area is 136 Å². The predicted molar refractivity (Wildman–Crippen MR) is 90.8 cm³/mol. The molecule has 0 radical (unpaired) electrons. The van der Waals surface area contributed by atoms with Gasteiger partial charge in [-0.2, -0.15) is 0 Å². The fourth-order valence-electron chi connectivity index (χ4n) is 1.97. The van der Waals surface area contributed by atoms with Crippen LogP contribution in [-0.2, 0) is 13.1 Å². The molecule has 0 amide bonds. The maximum atomic E-state index is 5.15. The van der Waals surface area contributed by atoms with E-state index in [2.05, 4.69) is 20.6 Å². The number of aromatic nitrogens is 1. The fraction of sp³-hybridized carbons (Fsp3) is 0.294. The second-order valence-corrected chi connectivity index (χ2v) is 4.84. The van der Waals surface area contributed by atoms with E-state index in [9.17, 15) is 0 Å². The Morgan fingerprint density at radius 1 is 0.957 bits per heavy atom. The number of rotatable bonds is 6. The second-order valence-electron chi connectivity index (χ2n) is 4.84. The molecule has 0 bridgehead atoms. The van der Waals surface area contributed by atoms with Crippen molar-refractivity contribution in [3.8, 4) is 11.6 Å². The van der Waals surface area contributed by atoms with Crippen LogP contribution in [0.5, 0.6) is 11.6 Å². The molecule has 2 aromatic rings. The van der Waals surface area contributed by atoms with Crippen molar-refractivity contribution in [3.63, 3.8) is 0 Å². The normalized spacial score (nSPS) is 11.0. The van der Waals surface area contributed by atoms with E-state index in [1.165, 1.54) is 0 Å². The van der Waals surface area contributed by atoms with Gasteiger partial charge in [-0.1, -0.05) is 18.2 Å². The molecule has 23 heavy (non-hydrogen) atoms. The monoisotopic (exact) mass is 314 g/mol. The van der Waals surface area contributed by atoms with Gasteiger partial charge in [0.1, 0.15) is 5.75 Å². The maximum absolute atomic E-state index is 5.15. The van der Waals surface area contributed by atoms with Crippen molar-refractivity contribution in [1.82, 2.24) is 15.6 Å². The van der Waals surface area contributed by atoms with Crippen LogP contribution in [0.1, 0.15) is 11.1 Å². The van der Waals surface area contributed by atoms with Gasteiger partial charge in [0, 0.05) is 32.4 Å². The lowest BCUT2D eigenvalue weighted by Gasteiger charge is -2.12. The average molecular weight is 314 g/mol. The highest BCUT2D eigenvalue weighted by Gasteiger charge is 2.00. The van der Waals surface area contributed by atoms with E-state index in [0.29, 0.717) is 19.0 Å². The lowest BCUT2D eigenvalue weighted by atomic mass is 10.2. The first kappa shape index (κ1) is 16.6. The highest BCUT2D eigenvalue weighted by Crippen LogP contribution is 2.11. The maximum Gasteiger partial charge on any atom is 0.212 e. The van der Waals surface area contributed by atoms with Crippen LogP contribution in [0.2, 0.25) is 0 Å². The first-order valence-corrected chi connectivity index (χ1v) is 7.31. The van der Waals surface area contributed by atoms with Crippen LogP contribution < -0.4 is 20.1 Å². The van der Waals surface area contributed by atoms with Crippen LogP contribution in [-0.4, -0.2) is 32.2 Å². The Balaban J connectivity index is 1.82. The molecule has 0 fully saturated rings. The minimum Gasteiger partial charge on any atom is -0.497 e. The third kappa shape index (κ3) is 5.18. The third-order valence-electron chi connectivity index (χ3n) is 3.31. The zero-order valence-electron chi connectivity index (χ0n) is 13.7. The molecule has 0 spiro atoms. The Hall–Kier alpha value is -2.76. The molecule has 1 aromatic heterocycles. The highest BCUT2D eigenvalue weighted by molar-refractivity contribution is 5.79. The summed E-state index contributed by atoms with van der Waals surface area (Å²) in [4.78, 5) is 8.39. The zero-order valence-corrected chi connectivity index (χ0v) is 13.7. The van der Waals surface area contributed by atoms with E-state index in [-0.39, 0.29) is 0 Å². The number of pyridine rings is 1. The van der Waals surface area contributed by atoms with Gasteiger partial charge in [0.25, 0.3) is 0 Å². The first-order chi connectivity index (χ1) is 11.2. The number of guanidine groups is 1. The highest BCUT2D eigenvalue weighted by atomic mass is 16.5. The summed E-state index contributed by atoms with van der Waals surface area (Å²) in [5.41, 5.74) is 2.21. The molecular formula is C17H22N4O2. The van der Waals surface area contributed by atoms with Crippen molar-refractivity contribution in [3.05, 3.63) is 53.7 Å². The molecule has 0 aliphatic heterocycles. The molecular weight excluding hydrogens is 292 g/mol. The number of nitrogens with zero attached hydrogens (tertiary/aromatic N) is 2. The van der Waals surface area contributed by atoms with Gasteiger partial charge in [-0.05, 0) is 23.3 Å². The summed E-state index contributed by atoms with van der Waals surface area (Å²) >= 11 is 0. The number of ether oxygens (including phenoxy) is 2. The summed E-state index contributed by atoms with van der Waals surface area (Å²) in [6.07, 6.45) is 1.78. The Bertz CT molecular complexity index is 571. The quantitative estimate of drug-likeness (QED) is 0.630. The number of benzene rings is 1. The van der Waals surface area contributed by atoms with Gasteiger partial charge in [-0.15, -0.1) is 0 Å². The smallest absolute Gasteiger partial charge is 0.212 e. The van der Waals surface area contributed by atoms with Gasteiger partial charge in [0.2, 0.25) is 5.88 Å². The summed E-state index contributed by atoms with van der Waals surface area (Å²) in [6, 6.07) is 11.7. The zero-order chi connectivity index (χ0) is 16.5. The summed E-state index contributed by atoms with van der Waals surface area (Å²) in [5, 5.41) is 6.52. The topological polar surface area (TPSA) is 67.8 Å². The van der Waals surface area contributed by atoms with Crippen LogP contribution >= 0.6 is 0 Å². The second kappa shape index (κ2) is 8.63. The van der Waals surface area contributed by atoms with Gasteiger partial charge in [0.05, 0.1) is 14.2 Å². The van der Waals surface area contributed by atoms with Crippen molar-refractivity contribution < 1.29 is 9.47 Å². The third-order valence-corrected chi connectivity index (χ3v) is 3.31. The largest absolute Gasteiger partial charge is 0.497 e. The molecule has 122 valence electrons. The fourth-order valence-corrected chi connectivity index (χ4v) is 1.97. The Morgan fingerprint density at radius 2 is 1.61 bits per heavy atom. The summed E-state index contributed by atoms with van der Waals surface area (Å²) in [5.74, 6) is 2.19. The van der Waals surface area contributed by atoms with Crippen molar-refractivity contribution >= 4 is 5.96 Å². The lowest BCUT2D eigenvalue weighted by Crippen LogP contribution is -2.36. The Kier molecular flexibility index (Phi) is 6.23. The predicted octanol–water partition coefficient (Wildman–Crippen LogP) is 1.96. The average Bonchev–Trinajstić information content (AvgIpc) is 2.62. The van der Waals surface area contributed by atoms with E-state index in [1.807, 2.05) is 36.4 Å². The molecule has 6 nitrogen and oxygen atoms in total. The van der Waals surface area contributed by atoms with Crippen LogP contribution in [0.15, 0.2) is 47.6 Å². The van der Waals surface area contributed by atoms with Crippen molar-refractivity contribution in [1.29, 1.82) is 0 Å². The molecule has 6 heteroatoms. The Morgan fingerprint density at radius 3 is 2.13 bits per heavy atom. The molecule has 1 heterocycles. The molecule has 0 aliphatic carbocycles. The molecule has 2 rings (SSSR count). The SMILES string of the molecule is CN=C(NCc1ccc(OC)cc1)NCc1ccc(OC)nc1. The van der Waals surface area contributed by atoms with E-state index >= 15 is 0 Å². The summed E-state index contributed by atoms with van der Waals surface area (Å²) in [7, 11) is 5.01. The number of methoxy groups -OCH3 is 2. The first-order valence-electron chi connectivity index (χ1n) is 7.31. The number of hydrogen-bond donors (Lipinski definition) is 2. The molecule has 2 N–H and O–H groups in total. The van der Waals surface area contributed by atoms with E-state index in [4.69, 9.17) is 9.47 Å². The van der Waals surface area contributed by atoms with Crippen LogP contribution in [0.4, 0.5) is 0 Å². The van der Waals surface area contributed by atoms with E-state index < -0.39 is 0 Å². The molecule has 0 atom stereocenters. The minimum atomic E-state index is 0.607. The standard InChI is InChI=1S/C17H22N4O2/c1-18-17(20-10-13-4-7-15(22-2)8-5-13)21-12-14-6-9-16(23-3)19-11-14/h4-9,11H,10,12H2,1-3H3,(H2,18,20,21). The molecule has 0 aliphatic rings. The van der Waals surface area contributed by atoms with Gasteiger partial charge < -0.3 is 20.1 Å². The molecule has 0 unspecified atom stereocenters.